The molecule has 0 radical (unpaired) electrons. The average Bonchev–Trinajstić information content (AvgIpc) is 3.28. The third kappa shape index (κ3) is 5.86. The van der Waals surface area contributed by atoms with Crippen LogP contribution in [0, 0.1) is 10.1 Å². The molecule has 4 rings (SSSR count). The summed E-state index contributed by atoms with van der Waals surface area (Å²) >= 11 is 0. The van der Waals surface area contributed by atoms with E-state index in [1.54, 1.807) is 6.92 Å². The van der Waals surface area contributed by atoms with Crippen LogP contribution in [0.5, 0.6) is 11.5 Å². The second-order valence-electron chi connectivity index (χ2n) is 8.88. The number of benzene rings is 3. The SMILES string of the molecule is COc1cc(C(C)NC(=O)OCc2cccc3c2Cc2ccccc2-3)c([N+](=O)[O-])cc1OCCCC(=O)O. The monoisotopic (exact) mass is 520 g/mol. The van der Waals surface area contributed by atoms with Gasteiger partial charge < -0.3 is 24.6 Å². The molecule has 1 aliphatic carbocycles. The number of aliphatic carboxylic acids is 1. The molecular weight excluding hydrogens is 492 g/mol. The van der Waals surface area contributed by atoms with Gasteiger partial charge in [-0.2, -0.15) is 0 Å². The Morgan fingerprint density at radius 3 is 2.61 bits per heavy atom. The number of nitro benzene ring substituents is 1. The smallest absolute Gasteiger partial charge is 0.407 e. The molecule has 1 aliphatic rings. The second kappa shape index (κ2) is 11.6. The van der Waals surface area contributed by atoms with Gasteiger partial charge in [0.25, 0.3) is 5.69 Å². The highest BCUT2D eigenvalue weighted by atomic mass is 16.6. The summed E-state index contributed by atoms with van der Waals surface area (Å²) in [7, 11) is 1.39. The van der Waals surface area contributed by atoms with Crippen molar-refractivity contribution in [3.63, 3.8) is 0 Å². The van der Waals surface area contributed by atoms with E-state index in [1.165, 1.54) is 30.4 Å². The summed E-state index contributed by atoms with van der Waals surface area (Å²) in [6.45, 7) is 1.71. The van der Waals surface area contributed by atoms with Crippen molar-refractivity contribution in [2.45, 2.75) is 38.8 Å². The summed E-state index contributed by atoms with van der Waals surface area (Å²) in [5, 5.41) is 23.2. The Balaban J connectivity index is 1.43. The van der Waals surface area contributed by atoms with Crippen LogP contribution in [0.15, 0.2) is 54.6 Å². The molecule has 1 unspecified atom stereocenters. The summed E-state index contributed by atoms with van der Waals surface area (Å²) < 4.78 is 16.3. The third-order valence-corrected chi connectivity index (χ3v) is 6.41. The molecule has 2 N–H and O–H groups in total. The van der Waals surface area contributed by atoms with Gasteiger partial charge in [0.05, 0.1) is 36.3 Å². The molecule has 10 heteroatoms. The van der Waals surface area contributed by atoms with Crippen molar-refractivity contribution in [1.29, 1.82) is 0 Å². The van der Waals surface area contributed by atoms with Crippen molar-refractivity contribution in [3.8, 4) is 22.6 Å². The summed E-state index contributed by atoms with van der Waals surface area (Å²) in [6, 6.07) is 15.9. The summed E-state index contributed by atoms with van der Waals surface area (Å²) in [4.78, 5) is 34.5. The van der Waals surface area contributed by atoms with E-state index in [9.17, 15) is 19.7 Å². The third-order valence-electron chi connectivity index (χ3n) is 6.41. The average molecular weight is 521 g/mol. The van der Waals surface area contributed by atoms with E-state index in [4.69, 9.17) is 19.3 Å². The fourth-order valence-electron chi connectivity index (χ4n) is 4.55. The minimum absolute atomic E-state index is 0.0492. The van der Waals surface area contributed by atoms with Crippen molar-refractivity contribution >= 4 is 17.7 Å². The first-order valence-electron chi connectivity index (χ1n) is 12.1. The number of hydrogen-bond donors (Lipinski definition) is 2. The first kappa shape index (κ1) is 26.5. The molecule has 0 aliphatic heterocycles. The molecular formula is C28H28N2O8. The van der Waals surface area contributed by atoms with E-state index < -0.39 is 23.0 Å². The number of hydrogen-bond acceptors (Lipinski definition) is 7. The minimum atomic E-state index is -0.963. The van der Waals surface area contributed by atoms with Crippen LogP contribution in [-0.2, 0) is 22.6 Å². The molecule has 3 aromatic rings. The maximum atomic E-state index is 12.6. The predicted octanol–water partition coefficient (Wildman–Crippen LogP) is 5.41. The number of nitrogens with one attached hydrogen (secondary N) is 1. The summed E-state index contributed by atoms with van der Waals surface area (Å²) in [6.07, 6.45) is 0.186. The first-order valence-corrected chi connectivity index (χ1v) is 12.1. The molecule has 0 saturated heterocycles. The number of fused-ring (bicyclic) bond motifs is 3. The highest BCUT2D eigenvalue weighted by molar-refractivity contribution is 5.78. The Morgan fingerprint density at radius 2 is 1.87 bits per heavy atom. The zero-order valence-electron chi connectivity index (χ0n) is 21.1. The normalized spacial score (nSPS) is 12.2. The number of methoxy groups -OCH3 is 1. The first-order chi connectivity index (χ1) is 18.3. The Morgan fingerprint density at radius 1 is 1.11 bits per heavy atom. The van der Waals surface area contributed by atoms with Crippen LogP contribution in [0.1, 0.15) is 48.1 Å². The van der Waals surface area contributed by atoms with Gasteiger partial charge in [-0.3, -0.25) is 14.9 Å². The van der Waals surface area contributed by atoms with Crippen LogP contribution < -0.4 is 14.8 Å². The molecule has 0 heterocycles. The highest BCUT2D eigenvalue weighted by Gasteiger charge is 2.26. The molecule has 198 valence electrons. The van der Waals surface area contributed by atoms with Crippen molar-refractivity contribution < 1.29 is 33.8 Å². The van der Waals surface area contributed by atoms with Gasteiger partial charge in [0.1, 0.15) is 6.61 Å². The van der Waals surface area contributed by atoms with Crippen molar-refractivity contribution in [3.05, 3.63) is 87.0 Å². The maximum absolute atomic E-state index is 12.6. The molecule has 1 amide bonds. The van der Waals surface area contributed by atoms with E-state index >= 15 is 0 Å². The fourth-order valence-corrected chi connectivity index (χ4v) is 4.55. The van der Waals surface area contributed by atoms with E-state index in [-0.39, 0.29) is 48.8 Å². The lowest BCUT2D eigenvalue weighted by molar-refractivity contribution is -0.385. The van der Waals surface area contributed by atoms with Crippen LogP contribution in [0.25, 0.3) is 11.1 Å². The van der Waals surface area contributed by atoms with Crippen LogP contribution in [0.3, 0.4) is 0 Å². The van der Waals surface area contributed by atoms with Gasteiger partial charge in [0, 0.05) is 6.42 Å². The Kier molecular flexibility index (Phi) is 8.10. The van der Waals surface area contributed by atoms with E-state index in [0.29, 0.717) is 0 Å². The van der Waals surface area contributed by atoms with Crippen molar-refractivity contribution in [2.24, 2.45) is 0 Å². The summed E-state index contributed by atoms with van der Waals surface area (Å²) in [5.41, 5.74) is 5.49. The molecule has 10 nitrogen and oxygen atoms in total. The van der Waals surface area contributed by atoms with Crippen LogP contribution in [0.2, 0.25) is 0 Å². The van der Waals surface area contributed by atoms with Gasteiger partial charge in [0.15, 0.2) is 11.5 Å². The van der Waals surface area contributed by atoms with E-state index in [2.05, 4.69) is 23.5 Å². The van der Waals surface area contributed by atoms with Gasteiger partial charge in [-0.1, -0.05) is 42.5 Å². The number of amides is 1. The fraction of sp³-hybridized carbons (Fsp3) is 0.286. The molecule has 0 fully saturated rings. The number of nitro groups is 1. The Hall–Kier alpha value is -4.60. The summed E-state index contributed by atoms with van der Waals surface area (Å²) in [5.74, 6) is -0.625. The number of rotatable bonds is 11. The van der Waals surface area contributed by atoms with Gasteiger partial charge >= 0.3 is 12.1 Å². The van der Waals surface area contributed by atoms with Crippen molar-refractivity contribution in [2.75, 3.05) is 13.7 Å². The number of carboxylic acids is 1. The zero-order chi connectivity index (χ0) is 27.2. The minimum Gasteiger partial charge on any atom is -0.493 e. The van der Waals surface area contributed by atoms with E-state index in [1.807, 2.05) is 24.3 Å². The number of carbonyl (C=O) groups is 2. The number of alkyl carbamates (subject to hydrolysis) is 1. The molecule has 0 spiro atoms. The zero-order valence-corrected chi connectivity index (χ0v) is 21.1. The maximum Gasteiger partial charge on any atom is 0.407 e. The predicted molar refractivity (Wildman–Crippen MR) is 138 cm³/mol. The van der Waals surface area contributed by atoms with Crippen LogP contribution in [-0.4, -0.2) is 35.8 Å². The van der Waals surface area contributed by atoms with Crippen LogP contribution in [0.4, 0.5) is 10.5 Å². The standard InChI is InChI=1S/C28H28N2O8/c1-17(22-14-25(36-2)26(15-24(22)30(34)35)37-12-6-11-27(31)32)29-28(33)38-16-19-8-5-10-21-20-9-4-3-7-18(20)13-23(19)21/h3-5,7-10,14-15,17H,6,11-13,16H2,1-2H3,(H,29,33)(H,31,32). The Labute approximate surface area is 219 Å². The molecule has 0 bridgehead atoms. The topological polar surface area (TPSA) is 137 Å². The lowest BCUT2D eigenvalue weighted by Gasteiger charge is -2.18. The molecule has 0 saturated carbocycles. The second-order valence-corrected chi connectivity index (χ2v) is 8.88. The number of carboxylic acid groups (broad SMARTS) is 1. The molecule has 3 aromatic carbocycles. The number of ether oxygens (including phenoxy) is 3. The van der Waals surface area contributed by atoms with Gasteiger partial charge in [-0.15, -0.1) is 0 Å². The number of carbonyl (C=O) groups excluding carboxylic acids is 1. The molecule has 0 aromatic heterocycles. The lowest BCUT2D eigenvalue weighted by atomic mass is 10.0. The number of nitrogens with zero attached hydrogens (tertiary/aromatic N) is 1. The largest absolute Gasteiger partial charge is 0.493 e. The molecule has 1 atom stereocenters. The highest BCUT2D eigenvalue weighted by Crippen LogP contribution is 2.39. The Bertz CT molecular complexity index is 1370. The van der Waals surface area contributed by atoms with Crippen molar-refractivity contribution in [1.82, 2.24) is 5.32 Å². The van der Waals surface area contributed by atoms with E-state index in [0.717, 1.165) is 23.1 Å². The van der Waals surface area contributed by atoms with Gasteiger partial charge in [-0.25, -0.2) is 4.79 Å². The lowest BCUT2D eigenvalue weighted by Crippen LogP contribution is -2.28. The van der Waals surface area contributed by atoms with Crippen LogP contribution >= 0.6 is 0 Å². The van der Waals surface area contributed by atoms with Gasteiger partial charge in [-0.05, 0) is 53.6 Å². The molecule has 38 heavy (non-hydrogen) atoms. The van der Waals surface area contributed by atoms with Gasteiger partial charge in [0.2, 0.25) is 0 Å². The quantitative estimate of drug-likeness (QED) is 0.152.